The maximum atomic E-state index is 12.2. The van der Waals surface area contributed by atoms with Gasteiger partial charge in [0.2, 0.25) is 0 Å². The highest BCUT2D eigenvalue weighted by Crippen LogP contribution is 2.29. The third-order valence-corrected chi connectivity index (χ3v) is 2.37. The number of hydrogen-bond acceptors (Lipinski definition) is 3. The van der Waals surface area contributed by atoms with E-state index in [0.29, 0.717) is 0 Å². The highest BCUT2D eigenvalue weighted by Gasteiger charge is 2.38. The van der Waals surface area contributed by atoms with E-state index in [9.17, 15) is 31.4 Å². The Kier molecular flexibility index (Phi) is 6.78. The molecule has 1 rings (SSSR count). The minimum atomic E-state index is -4.92. The summed E-state index contributed by atoms with van der Waals surface area (Å²) in [5.74, 6) is -0.630. The Hall–Kier alpha value is -1.19. The van der Waals surface area contributed by atoms with E-state index < -0.39 is 36.9 Å². The molecule has 3 nitrogen and oxygen atoms in total. The van der Waals surface area contributed by atoms with Gasteiger partial charge >= 0.3 is 12.5 Å². The zero-order valence-corrected chi connectivity index (χ0v) is 11.1. The number of halogens is 7. The minimum Gasteiger partial charge on any atom is -0.406 e. The molecule has 0 saturated heterocycles. The fraction of sp³-hybridized carbons (Fsp3) is 0.455. The van der Waals surface area contributed by atoms with Gasteiger partial charge in [-0.05, 0) is 17.7 Å². The lowest BCUT2D eigenvalue weighted by Gasteiger charge is -2.19. The van der Waals surface area contributed by atoms with Crippen LogP contribution in [0.4, 0.5) is 26.3 Å². The summed E-state index contributed by atoms with van der Waals surface area (Å²) in [4.78, 5) is 0. The van der Waals surface area contributed by atoms with Gasteiger partial charge in [-0.1, -0.05) is 12.1 Å². The van der Waals surface area contributed by atoms with Gasteiger partial charge in [0.25, 0.3) is 0 Å². The summed E-state index contributed by atoms with van der Waals surface area (Å²) in [5, 5.41) is 9.56. The van der Waals surface area contributed by atoms with Crippen LogP contribution in [-0.4, -0.2) is 23.7 Å². The van der Waals surface area contributed by atoms with Gasteiger partial charge in [-0.2, -0.15) is 13.2 Å². The van der Waals surface area contributed by atoms with Crippen molar-refractivity contribution in [3.05, 3.63) is 29.8 Å². The molecule has 0 spiro atoms. The first-order valence-electron chi connectivity index (χ1n) is 5.35. The second-order valence-electron chi connectivity index (χ2n) is 4.02. The van der Waals surface area contributed by atoms with Crippen molar-refractivity contribution in [1.29, 1.82) is 0 Å². The largest absolute Gasteiger partial charge is 0.573 e. The van der Waals surface area contributed by atoms with E-state index in [4.69, 9.17) is 5.73 Å². The topological polar surface area (TPSA) is 55.5 Å². The van der Waals surface area contributed by atoms with Crippen LogP contribution in [0.2, 0.25) is 0 Å². The number of alkyl halides is 6. The normalized spacial score (nSPS) is 15.0. The molecule has 122 valence electrons. The third kappa shape index (κ3) is 6.87. The Labute approximate surface area is 122 Å². The molecule has 21 heavy (non-hydrogen) atoms. The number of ether oxygens (including phenoxy) is 1. The number of nitrogens with two attached hydrogens (primary N) is 1. The molecule has 0 aliphatic carbocycles. The zero-order valence-electron chi connectivity index (χ0n) is 10.3. The van der Waals surface area contributed by atoms with Crippen LogP contribution in [0, 0.1) is 0 Å². The molecule has 0 radical (unpaired) electrons. The van der Waals surface area contributed by atoms with Gasteiger partial charge in [0.05, 0.1) is 6.10 Å². The lowest BCUT2D eigenvalue weighted by Crippen LogP contribution is -2.38. The van der Waals surface area contributed by atoms with Crippen LogP contribution in [0.1, 0.15) is 18.1 Å². The molecule has 0 fully saturated rings. The third-order valence-electron chi connectivity index (χ3n) is 2.37. The van der Waals surface area contributed by atoms with Crippen molar-refractivity contribution in [1.82, 2.24) is 0 Å². The van der Waals surface area contributed by atoms with Crippen LogP contribution >= 0.6 is 12.4 Å². The molecule has 0 aliphatic rings. The van der Waals surface area contributed by atoms with Crippen molar-refractivity contribution >= 4 is 12.4 Å². The first-order chi connectivity index (χ1) is 8.99. The predicted octanol–water partition coefficient (Wildman–Crippen LogP) is 3.32. The molecule has 0 unspecified atom stereocenters. The first-order valence-corrected chi connectivity index (χ1v) is 5.35. The lowest BCUT2D eigenvalue weighted by atomic mass is 10.0. The summed E-state index contributed by atoms with van der Waals surface area (Å²) in [6.45, 7) is 0. The summed E-state index contributed by atoms with van der Waals surface area (Å²) >= 11 is 0. The Bertz CT molecular complexity index is 451. The summed E-state index contributed by atoms with van der Waals surface area (Å²) in [6, 6.07) is 1.80. The van der Waals surface area contributed by atoms with Crippen LogP contribution in [0.5, 0.6) is 5.75 Å². The van der Waals surface area contributed by atoms with Gasteiger partial charge in [-0.3, -0.25) is 0 Å². The van der Waals surface area contributed by atoms with Crippen LogP contribution in [-0.2, 0) is 0 Å². The van der Waals surface area contributed by atoms with Crippen LogP contribution in [0.15, 0.2) is 24.3 Å². The van der Waals surface area contributed by atoms with Gasteiger partial charge in [-0.15, -0.1) is 25.6 Å². The maximum Gasteiger partial charge on any atom is 0.573 e. The van der Waals surface area contributed by atoms with Crippen molar-refractivity contribution < 1.29 is 36.2 Å². The van der Waals surface area contributed by atoms with E-state index in [-0.39, 0.29) is 18.0 Å². The average Bonchev–Trinajstić information content (AvgIpc) is 2.25. The monoisotopic (exact) mass is 339 g/mol. The maximum absolute atomic E-state index is 12.2. The summed E-state index contributed by atoms with van der Waals surface area (Å²) in [5.41, 5.74) is 4.69. The highest BCUT2D eigenvalue weighted by atomic mass is 35.5. The lowest BCUT2D eigenvalue weighted by molar-refractivity contribution is -0.274. The predicted molar refractivity (Wildman–Crippen MR) is 64.0 cm³/mol. The SMILES string of the molecule is Cl.N[C@H](C[C@H](O)c1cccc(OC(F)(F)F)c1)C(F)(F)F. The molecule has 0 saturated carbocycles. The van der Waals surface area contributed by atoms with Crippen LogP contribution in [0.3, 0.4) is 0 Å². The summed E-state index contributed by atoms with van der Waals surface area (Å²) in [7, 11) is 0. The van der Waals surface area contributed by atoms with Gasteiger partial charge in [0, 0.05) is 6.42 Å². The molecular weight excluding hydrogens is 328 g/mol. The average molecular weight is 340 g/mol. The molecule has 0 aliphatic heterocycles. The van der Waals surface area contributed by atoms with Gasteiger partial charge in [0.15, 0.2) is 0 Å². The summed E-state index contributed by atoms with van der Waals surface area (Å²) < 4.78 is 76.2. The van der Waals surface area contributed by atoms with E-state index in [0.717, 1.165) is 18.2 Å². The Morgan fingerprint density at radius 2 is 1.71 bits per heavy atom. The number of aliphatic hydroxyl groups is 1. The Morgan fingerprint density at radius 3 is 2.19 bits per heavy atom. The zero-order chi connectivity index (χ0) is 15.6. The fourth-order valence-electron chi connectivity index (χ4n) is 1.43. The Morgan fingerprint density at radius 1 is 1.14 bits per heavy atom. The van der Waals surface area contributed by atoms with E-state index in [1.165, 1.54) is 6.07 Å². The number of rotatable bonds is 4. The Balaban J connectivity index is 0.00000400. The molecule has 0 heterocycles. The van der Waals surface area contributed by atoms with Crippen molar-refractivity contribution in [2.24, 2.45) is 5.73 Å². The quantitative estimate of drug-likeness (QED) is 0.827. The van der Waals surface area contributed by atoms with Crippen LogP contribution < -0.4 is 10.5 Å². The molecular formula is C11H12ClF6NO2. The van der Waals surface area contributed by atoms with Gasteiger partial charge in [0.1, 0.15) is 11.8 Å². The molecule has 10 heteroatoms. The minimum absolute atomic E-state index is 0. The molecule has 1 aromatic rings. The van der Waals surface area contributed by atoms with E-state index in [1.54, 1.807) is 0 Å². The molecule has 2 atom stereocenters. The second kappa shape index (κ2) is 7.19. The van der Waals surface area contributed by atoms with Crippen molar-refractivity contribution in [2.45, 2.75) is 31.1 Å². The van der Waals surface area contributed by atoms with Crippen molar-refractivity contribution in [3.8, 4) is 5.75 Å². The number of benzene rings is 1. The van der Waals surface area contributed by atoms with E-state index >= 15 is 0 Å². The highest BCUT2D eigenvalue weighted by molar-refractivity contribution is 5.85. The standard InChI is InChI=1S/C11H11F6NO2.ClH/c12-10(13,14)9(18)5-8(19)6-2-1-3-7(4-6)20-11(15,16)17;/h1-4,8-9,19H,5,18H2;1H/t8-,9+;/m0./s1. The van der Waals surface area contributed by atoms with Crippen molar-refractivity contribution in [2.75, 3.05) is 0 Å². The van der Waals surface area contributed by atoms with Gasteiger partial charge < -0.3 is 15.6 Å². The molecule has 0 bridgehead atoms. The fourth-order valence-corrected chi connectivity index (χ4v) is 1.43. The number of aliphatic hydroxyl groups excluding tert-OH is 1. The van der Waals surface area contributed by atoms with Crippen LogP contribution in [0.25, 0.3) is 0 Å². The smallest absolute Gasteiger partial charge is 0.406 e. The van der Waals surface area contributed by atoms with Crippen molar-refractivity contribution in [3.63, 3.8) is 0 Å². The van der Waals surface area contributed by atoms with E-state index in [1.807, 2.05) is 0 Å². The number of hydrogen-bond donors (Lipinski definition) is 2. The van der Waals surface area contributed by atoms with E-state index in [2.05, 4.69) is 4.74 Å². The molecule has 1 aromatic carbocycles. The molecule has 0 aromatic heterocycles. The van der Waals surface area contributed by atoms with Gasteiger partial charge in [-0.25, -0.2) is 0 Å². The molecule has 0 amide bonds. The summed E-state index contributed by atoms with van der Waals surface area (Å²) in [6.07, 6.45) is -12.1. The molecule has 3 N–H and O–H groups in total. The second-order valence-corrected chi connectivity index (χ2v) is 4.02. The first kappa shape index (κ1) is 19.8.